The van der Waals surface area contributed by atoms with Gasteiger partial charge >= 0.3 is 12.0 Å². The van der Waals surface area contributed by atoms with Crippen molar-refractivity contribution < 1.29 is 19.5 Å². The predicted molar refractivity (Wildman–Crippen MR) is 130 cm³/mol. The average Bonchev–Trinajstić information content (AvgIpc) is 2.81. The van der Waals surface area contributed by atoms with Gasteiger partial charge in [0.05, 0.1) is 29.1 Å². The zero-order valence-corrected chi connectivity index (χ0v) is 18.8. The van der Waals surface area contributed by atoms with Gasteiger partial charge in [-0.3, -0.25) is 19.9 Å². The van der Waals surface area contributed by atoms with Gasteiger partial charge < -0.3 is 21.1 Å². The van der Waals surface area contributed by atoms with Crippen LogP contribution in [0.3, 0.4) is 0 Å². The summed E-state index contributed by atoms with van der Waals surface area (Å²) in [4.78, 5) is 44.4. The fourth-order valence-electron chi connectivity index (χ4n) is 3.27. The zero-order valence-electron chi connectivity index (χ0n) is 18.8. The predicted octanol–water partition coefficient (Wildman–Crippen LogP) is 4.19. The smallest absolute Gasteiger partial charge is 0.320 e. The van der Waals surface area contributed by atoms with Crippen LogP contribution in [0.1, 0.15) is 42.1 Å². The molecule has 2 heterocycles. The molecular formula is C24H26N6O4. The van der Waals surface area contributed by atoms with Gasteiger partial charge in [0.2, 0.25) is 0 Å². The maximum atomic E-state index is 12.9. The molecule has 3 aromatic rings. The van der Waals surface area contributed by atoms with Crippen molar-refractivity contribution in [1.29, 1.82) is 0 Å². The van der Waals surface area contributed by atoms with E-state index >= 15 is 0 Å². The van der Waals surface area contributed by atoms with Crippen LogP contribution in [-0.4, -0.2) is 39.5 Å². The molecule has 1 unspecified atom stereocenters. The number of hydrogen-bond donors (Lipinski definition) is 5. The lowest BCUT2D eigenvalue weighted by atomic mass is 9.96. The van der Waals surface area contributed by atoms with Gasteiger partial charge in [-0.25, -0.2) is 9.78 Å². The fourth-order valence-corrected chi connectivity index (χ4v) is 3.27. The van der Waals surface area contributed by atoms with Crippen LogP contribution in [0.2, 0.25) is 0 Å². The molecular weight excluding hydrogens is 436 g/mol. The first-order chi connectivity index (χ1) is 16.4. The summed E-state index contributed by atoms with van der Waals surface area (Å²) in [5, 5.41) is 20.5. The van der Waals surface area contributed by atoms with Gasteiger partial charge in [0.15, 0.2) is 0 Å². The second kappa shape index (κ2) is 11.4. The minimum atomic E-state index is -0.882. The van der Waals surface area contributed by atoms with E-state index in [1.807, 2.05) is 6.92 Å². The van der Waals surface area contributed by atoms with Crippen LogP contribution >= 0.6 is 0 Å². The molecule has 10 nitrogen and oxygen atoms in total. The van der Waals surface area contributed by atoms with Crippen molar-refractivity contribution >= 4 is 40.8 Å². The second-order valence-electron chi connectivity index (χ2n) is 7.34. The molecule has 0 aliphatic rings. The van der Waals surface area contributed by atoms with E-state index in [0.29, 0.717) is 35.6 Å². The Morgan fingerprint density at radius 2 is 1.76 bits per heavy atom. The number of amides is 3. The first-order valence-corrected chi connectivity index (χ1v) is 10.8. The quantitative estimate of drug-likeness (QED) is 0.320. The van der Waals surface area contributed by atoms with E-state index in [4.69, 9.17) is 0 Å². The standard InChI is InChI=1S/C24H26N6O4/c1-3-18(23(32)33)15-7-9-16(10-8-15)28-20-12-21(30-24(34)26-4-2)27-14-19(20)22(31)29-17-6-5-11-25-13-17/h5-14,18H,3-4H2,1-2H3,(H,29,31)(H,32,33)(H3,26,27,28,30,34). The maximum absolute atomic E-state index is 12.9. The maximum Gasteiger partial charge on any atom is 0.320 e. The number of nitrogens with one attached hydrogen (secondary N) is 4. The van der Waals surface area contributed by atoms with E-state index < -0.39 is 23.8 Å². The van der Waals surface area contributed by atoms with Crippen LogP contribution in [0.4, 0.5) is 27.7 Å². The minimum absolute atomic E-state index is 0.242. The van der Waals surface area contributed by atoms with Gasteiger partial charge in [0.1, 0.15) is 5.82 Å². The lowest BCUT2D eigenvalue weighted by molar-refractivity contribution is -0.138. The largest absolute Gasteiger partial charge is 0.481 e. The highest BCUT2D eigenvalue weighted by Crippen LogP contribution is 2.27. The number of hydrogen-bond acceptors (Lipinski definition) is 6. The molecule has 2 aromatic heterocycles. The molecule has 0 fully saturated rings. The van der Waals surface area contributed by atoms with Crippen molar-refractivity contribution in [2.75, 3.05) is 22.5 Å². The van der Waals surface area contributed by atoms with Crippen LogP contribution < -0.4 is 21.3 Å². The third-order valence-electron chi connectivity index (χ3n) is 4.95. The number of carboxylic acid groups (broad SMARTS) is 1. The van der Waals surface area contributed by atoms with Crippen LogP contribution in [-0.2, 0) is 4.79 Å². The number of urea groups is 1. The highest BCUT2D eigenvalue weighted by atomic mass is 16.4. The van der Waals surface area contributed by atoms with Crippen LogP contribution in [0, 0.1) is 0 Å². The Morgan fingerprint density at radius 1 is 1.00 bits per heavy atom. The Balaban J connectivity index is 1.89. The highest BCUT2D eigenvalue weighted by Gasteiger charge is 2.18. The number of pyridine rings is 2. The van der Waals surface area contributed by atoms with Crippen LogP contribution in [0.5, 0.6) is 0 Å². The number of carbonyl (C=O) groups excluding carboxylic acids is 2. The Labute approximate surface area is 196 Å². The number of carboxylic acids is 1. The number of carbonyl (C=O) groups is 3. The summed E-state index contributed by atoms with van der Waals surface area (Å²) in [5.41, 5.74) is 2.48. The van der Waals surface area contributed by atoms with Gasteiger partial charge in [-0.15, -0.1) is 0 Å². The molecule has 3 amide bonds. The van der Waals surface area contributed by atoms with E-state index in [2.05, 4.69) is 31.2 Å². The average molecular weight is 463 g/mol. The summed E-state index contributed by atoms with van der Waals surface area (Å²) in [6, 6.07) is 11.5. The van der Waals surface area contributed by atoms with Crippen LogP contribution in [0.15, 0.2) is 61.1 Å². The van der Waals surface area contributed by atoms with Crippen molar-refractivity contribution in [2.24, 2.45) is 0 Å². The second-order valence-corrected chi connectivity index (χ2v) is 7.34. The number of aliphatic carboxylic acids is 1. The first kappa shape index (κ1) is 24.2. The normalized spacial score (nSPS) is 11.2. The number of anilines is 4. The van der Waals surface area contributed by atoms with Crippen molar-refractivity contribution in [3.63, 3.8) is 0 Å². The molecule has 3 rings (SSSR count). The fraction of sp³-hybridized carbons (Fsp3) is 0.208. The Hall–Kier alpha value is -4.47. The summed E-state index contributed by atoms with van der Waals surface area (Å²) in [7, 11) is 0. The van der Waals surface area contributed by atoms with Crippen molar-refractivity contribution in [1.82, 2.24) is 15.3 Å². The van der Waals surface area contributed by atoms with Crippen molar-refractivity contribution in [3.8, 4) is 0 Å². The summed E-state index contributed by atoms with van der Waals surface area (Å²) < 4.78 is 0. The third kappa shape index (κ3) is 6.28. The molecule has 0 radical (unpaired) electrons. The lowest BCUT2D eigenvalue weighted by Crippen LogP contribution is -2.28. The van der Waals surface area contributed by atoms with Crippen LogP contribution in [0.25, 0.3) is 0 Å². The number of rotatable bonds is 9. The molecule has 1 aromatic carbocycles. The lowest BCUT2D eigenvalue weighted by Gasteiger charge is -2.15. The third-order valence-corrected chi connectivity index (χ3v) is 4.95. The molecule has 0 spiro atoms. The Kier molecular flexibility index (Phi) is 8.11. The monoisotopic (exact) mass is 462 g/mol. The van der Waals surface area contributed by atoms with Gasteiger partial charge in [0, 0.05) is 30.7 Å². The summed E-state index contributed by atoms with van der Waals surface area (Å²) in [6.07, 6.45) is 4.96. The molecule has 0 aliphatic carbocycles. The number of nitrogens with zero attached hydrogens (tertiary/aromatic N) is 2. The molecule has 5 N–H and O–H groups in total. The van der Waals surface area contributed by atoms with E-state index in [0.717, 1.165) is 0 Å². The highest BCUT2D eigenvalue weighted by molar-refractivity contribution is 6.08. The Morgan fingerprint density at radius 3 is 2.38 bits per heavy atom. The van der Waals surface area contributed by atoms with Crippen molar-refractivity contribution in [3.05, 3.63) is 72.2 Å². The first-order valence-electron chi connectivity index (χ1n) is 10.8. The Bertz CT molecular complexity index is 1150. The number of benzene rings is 1. The summed E-state index contributed by atoms with van der Waals surface area (Å²) in [5.74, 6) is -1.64. The van der Waals surface area contributed by atoms with Gasteiger partial charge in [-0.1, -0.05) is 19.1 Å². The molecule has 10 heteroatoms. The van der Waals surface area contributed by atoms with Gasteiger partial charge in [-0.2, -0.15) is 0 Å². The molecule has 0 saturated heterocycles. The molecule has 0 bridgehead atoms. The van der Waals surface area contributed by atoms with Gasteiger partial charge in [-0.05, 0) is 43.2 Å². The summed E-state index contributed by atoms with van der Waals surface area (Å²) >= 11 is 0. The molecule has 176 valence electrons. The van der Waals surface area contributed by atoms with E-state index in [1.165, 1.54) is 12.4 Å². The van der Waals surface area contributed by atoms with E-state index in [1.54, 1.807) is 55.6 Å². The van der Waals surface area contributed by atoms with E-state index in [9.17, 15) is 19.5 Å². The molecule has 0 saturated carbocycles. The molecule has 0 aliphatic heterocycles. The van der Waals surface area contributed by atoms with Crippen molar-refractivity contribution in [2.45, 2.75) is 26.2 Å². The minimum Gasteiger partial charge on any atom is -0.481 e. The molecule has 34 heavy (non-hydrogen) atoms. The summed E-state index contributed by atoms with van der Waals surface area (Å²) in [6.45, 7) is 4.06. The molecule has 1 atom stereocenters. The number of aromatic nitrogens is 2. The van der Waals surface area contributed by atoms with Gasteiger partial charge in [0.25, 0.3) is 5.91 Å². The zero-order chi connectivity index (χ0) is 24.5. The van der Waals surface area contributed by atoms with E-state index in [-0.39, 0.29) is 11.4 Å². The SMILES string of the molecule is CCNC(=O)Nc1cc(Nc2ccc(C(CC)C(=O)O)cc2)c(C(=O)Nc2cccnc2)cn1. The topological polar surface area (TPSA) is 145 Å².